The Hall–Kier alpha value is -2.03. The second-order valence-corrected chi connectivity index (χ2v) is 6.17. The molecule has 2 aromatic rings. The lowest BCUT2D eigenvalue weighted by Crippen LogP contribution is -2.14. The second-order valence-electron chi connectivity index (χ2n) is 4.49. The van der Waals surface area contributed by atoms with Gasteiger partial charge in [0.2, 0.25) is 0 Å². The Bertz CT molecular complexity index is 762. The van der Waals surface area contributed by atoms with Crippen molar-refractivity contribution in [3.8, 4) is 5.06 Å². The summed E-state index contributed by atoms with van der Waals surface area (Å²) in [6.07, 6.45) is 1.36. The van der Waals surface area contributed by atoms with Crippen molar-refractivity contribution in [2.45, 2.75) is 6.92 Å². The van der Waals surface area contributed by atoms with Crippen LogP contribution in [-0.4, -0.2) is 15.0 Å². The van der Waals surface area contributed by atoms with Crippen molar-refractivity contribution in [1.82, 2.24) is 9.78 Å². The van der Waals surface area contributed by atoms with Gasteiger partial charge in [-0.2, -0.15) is 5.10 Å². The van der Waals surface area contributed by atoms with E-state index in [1.54, 1.807) is 23.9 Å². The Morgan fingerprint density at radius 2 is 2.22 bits per heavy atom. The van der Waals surface area contributed by atoms with E-state index in [2.05, 4.69) is 5.10 Å². The Morgan fingerprint density at radius 1 is 1.48 bits per heavy atom. The molecular weight excluding hydrogens is 356 g/mol. The molecule has 0 aliphatic rings. The van der Waals surface area contributed by atoms with Gasteiger partial charge in [-0.25, -0.2) is 0 Å². The highest BCUT2D eigenvalue weighted by molar-refractivity contribution is 7.79. The van der Waals surface area contributed by atoms with Crippen molar-refractivity contribution >= 4 is 46.1 Å². The number of aromatic nitrogens is 2. The van der Waals surface area contributed by atoms with E-state index in [0.29, 0.717) is 10.8 Å². The number of thiophene rings is 1. The van der Waals surface area contributed by atoms with Crippen LogP contribution in [0.15, 0.2) is 40.6 Å². The highest BCUT2D eigenvalue weighted by Gasteiger charge is 2.14. The lowest BCUT2D eigenvalue weighted by molar-refractivity contribution is 0.341. The minimum atomic E-state index is -0.113. The van der Waals surface area contributed by atoms with Crippen molar-refractivity contribution in [3.05, 3.63) is 52.0 Å². The predicted octanol–water partition coefficient (Wildman–Crippen LogP) is 2.84. The average molecular weight is 371 g/mol. The van der Waals surface area contributed by atoms with E-state index in [4.69, 9.17) is 44.8 Å². The maximum atomic E-state index is 6.15. The fraction of sp³-hybridized carbons (Fsp3) is 0.143. The number of halogens is 1. The molecule has 0 saturated carbocycles. The third kappa shape index (κ3) is 4.72. The molecule has 0 unspecified atom stereocenters. The van der Waals surface area contributed by atoms with Gasteiger partial charge in [0.05, 0.1) is 11.4 Å². The first kappa shape index (κ1) is 17.3. The van der Waals surface area contributed by atoms with Crippen LogP contribution in [0.4, 0.5) is 0 Å². The van der Waals surface area contributed by atoms with Gasteiger partial charge in [-0.15, -0.1) is 11.3 Å². The summed E-state index contributed by atoms with van der Waals surface area (Å²) < 4.78 is 12.5. The Balaban J connectivity index is 2.29. The highest BCUT2D eigenvalue weighted by Crippen LogP contribution is 2.22. The van der Waals surface area contributed by atoms with E-state index in [1.807, 2.05) is 18.4 Å². The molecule has 0 aliphatic carbocycles. The summed E-state index contributed by atoms with van der Waals surface area (Å²) in [6, 6.07) is 5.41. The first-order chi connectivity index (χ1) is 10.9. The summed E-state index contributed by atoms with van der Waals surface area (Å²) in [5.41, 5.74) is 13.4. The van der Waals surface area contributed by atoms with Gasteiger partial charge in [0, 0.05) is 25.3 Å². The summed E-state index contributed by atoms with van der Waals surface area (Å²) >= 11 is 12.2. The standard InChI is InChI=1S/C14H15ClN4O2S2/c1-8-6-9(19(2)18-8)13(17)10(7-11(15)16)20-14(22)21-12-4-3-5-23-12/h3-7H,16-17H2,1-2H3/b11-7-,13-10+. The van der Waals surface area contributed by atoms with Crippen LogP contribution >= 0.6 is 35.2 Å². The SMILES string of the molecule is Cc1cc(/C(N)=C(/C=C(\N)Cl)OC(=S)Oc2cccs2)n(C)n1. The van der Waals surface area contributed by atoms with E-state index in [0.717, 1.165) is 5.69 Å². The summed E-state index contributed by atoms with van der Waals surface area (Å²) in [5.74, 6) is 0.182. The summed E-state index contributed by atoms with van der Waals surface area (Å²) in [5, 5.41) is 6.58. The van der Waals surface area contributed by atoms with Crippen LogP contribution in [0.3, 0.4) is 0 Å². The molecule has 0 aromatic carbocycles. The molecule has 0 bridgehead atoms. The molecule has 0 saturated heterocycles. The van der Waals surface area contributed by atoms with Gasteiger partial charge in [0.25, 0.3) is 0 Å². The lowest BCUT2D eigenvalue weighted by Gasteiger charge is -2.11. The molecule has 2 heterocycles. The zero-order valence-corrected chi connectivity index (χ0v) is 14.8. The smallest absolute Gasteiger partial charge is 0.364 e. The van der Waals surface area contributed by atoms with Crippen molar-refractivity contribution < 1.29 is 9.47 Å². The molecule has 2 aromatic heterocycles. The van der Waals surface area contributed by atoms with Gasteiger partial charge in [0.1, 0.15) is 10.9 Å². The normalized spacial score (nSPS) is 12.7. The van der Waals surface area contributed by atoms with Crippen molar-refractivity contribution in [3.63, 3.8) is 0 Å². The van der Waals surface area contributed by atoms with Gasteiger partial charge in [0.15, 0.2) is 10.8 Å². The van der Waals surface area contributed by atoms with Crippen LogP contribution in [0.1, 0.15) is 11.4 Å². The molecule has 9 heteroatoms. The van der Waals surface area contributed by atoms with Crippen molar-refractivity contribution in [2.75, 3.05) is 0 Å². The Labute approximate surface area is 147 Å². The number of nitrogens with zero attached hydrogens (tertiary/aromatic N) is 2. The molecule has 4 N–H and O–H groups in total. The number of hydrogen-bond acceptors (Lipinski definition) is 7. The van der Waals surface area contributed by atoms with Crippen molar-refractivity contribution in [2.24, 2.45) is 18.5 Å². The number of nitrogens with two attached hydrogens (primary N) is 2. The minimum absolute atomic E-state index is 0.000707. The van der Waals surface area contributed by atoms with Crippen LogP contribution < -0.4 is 16.2 Å². The molecule has 0 aliphatic heterocycles. The fourth-order valence-electron chi connectivity index (χ4n) is 1.79. The van der Waals surface area contributed by atoms with Gasteiger partial charge in [-0.1, -0.05) is 11.6 Å². The molecule has 2 rings (SSSR count). The number of rotatable bonds is 4. The molecule has 6 nitrogen and oxygen atoms in total. The Morgan fingerprint density at radius 3 is 2.74 bits per heavy atom. The van der Waals surface area contributed by atoms with E-state index in [9.17, 15) is 0 Å². The maximum Gasteiger partial charge on any atom is 0.364 e. The highest BCUT2D eigenvalue weighted by atomic mass is 35.5. The molecule has 122 valence electrons. The number of hydrogen-bond donors (Lipinski definition) is 2. The van der Waals surface area contributed by atoms with Crippen LogP contribution in [0.25, 0.3) is 5.70 Å². The van der Waals surface area contributed by atoms with Crippen molar-refractivity contribution in [1.29, 1.82) is 0 Å². The zero-order chi connectivity index (χ0) is 17.0. The molecule has 23 heavy (non-hydrogen) atoms. The van der Waals surface area contributed by atoms with Gasteiger partial charge >= 0.3 is 5.24 Å². The first-order valence-corrected chi connectivity index (χ1v) is 8.10. The predicted molar refractivity (Wildman–Crippen MR) is 95.8 cm³/mol. The third-order valence-electron chi connectivity index (χ3n) is 2.68. The number of thiocarbonyl (C=S) groups is 1. The minimum Gasteiger partial charge on any atom is -0.415 e. The summed E-state index contributed by atoms with van der Waals surface area (Å²) in [4.78, 5) is 0. The lowest BCUT2D eigenvalue weighted by atomic mass is 10.2. The fourth-order valence-corrected chi connectivity index (χ4v) is 2.69. The van der Waals surface area contributed by atoms with Crippen LogP contribution in [-0.2, 0) is 11.8 Å². The van der Waals surface area contributed by atoms with Crippen LogP contribution in [0.5, 0.6) is 5.06 Å². The quantitative estimate of drug-likeness (QED) is 0.372. The molecule has 0 radical (unpaired) electrons. The third-order valence-corrected chi connectivity index (χ3v) is 3.71. The second kappa shape index (κ2) is 7.49. The summed E-state index contributed by atoms with van der Waals surface area (Å²) in [7, 11) is 1.76. The molecule has 0 amide bonds. The molecule has 0 atom stereocenters. The maximum absolute atomic E-state index is 6.15. The number of allylic oxidation sites excluding steroid dienone is 1. The van der Waals surface area contributed by atoms with Gasteiger partial charge in [-0.3, -0.25) is 4.68 Å². The van der Waals surface area contributed by atoms with Crippen LogP contribution in [0.2, 0.25) is 0 Å². The monoisotopic (exact) mass is 370 g/mol. The first-order valence-electron chi connectivity index (χ1n) is 6.43. The largest absolute Gasteiger partial charge is 0.415 e. The number of aryl methyl sites for hydroxylation is 2. The average Bonchev–Trinajstić information content (AvgIpc) is 3.06. The van der Waals surface area contributed by atoms with E-state index in [1.165, 1.54) is 17.4 Å². The van der Waals surface area contributed by atoms with E-state index < -0.39 is 0 Å². The zero-order valence-electron chi connectivity index (χ0n) is 12.4. The van der Waals surface area contributed by atoms with Gasteiger partial charge in [-0.05, 0) is 30.5 Å². The number of ether oxygens (including phenoxy) is 2. The summed E-state index contributed by atoms with van der Waals surface area (Å²) in [6.45, 7) is 1.85. The molecular formula is C14H15ClN4O2S2. The van der Waals surface area contributed by atoms with Gasteiger partial charge < -0.3 is 20.9 Å². The molecule has 0 spiro atoms. The molecule has 0 fully saturated rings. The van der Waals surface area contributed by atoms with Crippen LogP contribution in [0, 0.1) is 6.92 Å². The van der Waals surface area contributed by atoms with E-state index >= 15 is 0 Å². The Kier molecular flexibility index (Phi) is 5.64. The topological polar surface area (TPSA) is 88.3 Å². The van der Waals surface area contributed by atoms with E-state index in [-0.39, 0.29) is 21.8 Å².